The molecule has 0 bridgehead atoms. The minimum Gasteiger partial charge on any atom is -0.377 e. The van der Waals surface area contributed by atoms with Gasteiger partial charge in [-0.15, -0.1) is 11.3 Å². The minimum atomic E-state index is 0.285. The Hall–Kier alpha value is -0.0900. The third-order valence-corrected chi connectivity index (χ3v) is 3.37. The van der Waals surface area contributed by atoms with Crippen LogP contribution in [0, 0.1) is 0 Å². The molecule has 0 radical (unpaired) electrons. The van der Waals surface area contributed by atoms with Gasteiger partial charge in [-0.2, -0.15) is 0 Å². The van der Waals surface area contributed by atoms with Gasteiger partial charge in [0.1, 0.15) is 0 Å². The molecule has 0 amide bonds. The molecule has 15 heavy (non-hydrogen) atoms. The summed E-state index contributed by atoms with van der Waals surface area (Å²) in [6.07, 6.45) is 1.26. The fourth-order valence-electron chi connectivity index (χ4n) is 1.26. The summed E-state index contributed by atoms with van der Waals surface area (Å²) in [4.78, 5) is 1.30. The number of nitrogens with one attached hydrogen (secondary N) is 1. The van der Waals surface area contributed by atoms with Crippen molar-refractivity contribution < 1.29 is 4.74 Å². The van der Waals surface area contributed by atoms with E-state index in [0.29, 0.717) is 6.04 Å². The van der Waals surface area contributed by atoms with Crippen LogP contribution < -0.4 is 5.32 Å². The van der Waals surface area contributed by atoms with E-state index in [1.807, 2.05) is 13.1 Å². The zero-order chi connectivity index (χ0) is 11.3. The standard InChI is InChI=1S/C11H18ClNOS/c1-8(2)14-7-9(13-3)6-10-4-5-11(12)15-10/h4-5,8-9,13H,6-7H2,1-3H3. The van der Waals surface area contributed by atoms with Crippen LogP contribution in [0.4, 0.5) is 0 Å². The molecule has 2 nitrogen and oxygen atoms in total. The molecule has 0 aliphatic carbocycles. The highest BCUT2D eigenvalue weighted by Crippen LogP contribution is 2.22. The molecule has 0 aliphatic rings. The quantitative estimate of drug-likeness (QED) is 0.835. The van der Waals surface area contributed by atoms with E-state index in [1.54, 1.807) is 11.3 Å². The molecule has 1 rings (SSSR count). The fraction of sp³-hybridized carbons (Fsp3) is 0.636. The first kappa shape index (κ1) is 13.0. The number of ether oxygens (including phenoxy) is 1. The Morgan fingerprint density at radius 1 is 1.47 bits per heavy atom. The normalized spacial score (nSPS) is 13.4. The van der Waals surface area contributed by atoms with Gasteiger partial charge in [-0.3, -0.25) is 0 Å². The fourth-order valence-corrected chi connectivity index (χ4v) is 2.42. The first-order valence-corrected chi connectivity index (χ1v) is 6.34. The highest BCUT2D eigenvalue weighted by molar-refractivity contribution is 7.16. The average molecular weight is 248 g/mol. The molecule has 0 aromatic carbocycles. The van der Waals surface area contributed by atoms with E-state index in [1.165, 1.54) is 4.88 Å². The van der Waals surface area contributed by atoms with Crippen LogP contribution in [0.25, 0.3) is 0 Å². The van der Waals surface area contributed by atoms with Gasteiger partial charge in [0.25, 0.3) is 0 Å². The molecule has 1 N–H and O–H groups in total. The number of hydrogen-bond donors (Lipinski definition) is 1. The molecule has 1 unspecified atom stereocenters. The Labute approximate surface area is 101 Å². The van der Waals surface area contributed by atoms with Gasteiger partial charge in [-0.05, 0) is 39.4 Å². The Kier molecular flexibility index (Phi) is 5.61. The maximum absolute atomic E-state index is 5.88. The second-order valence-electron chi connectivity index (χ2n) is 3.78. The lowest BCUT2D eigenvalue weighted by atomic mass is 10.2. The Morgan fingerprint density at radius 3 is 2.67 bits per heavy atom. The summed E-state index contributed by atoms with van der Waals surface area (Å²) in [5, 5.41) is 3.25. The summed E-state index contributed by atoms with van der Waals surface area (Å²) in [5.41, 5.74) is 0. The summed E-state index contributed by atoms with van der Waals surface area (Å²) < 4.78 is 6.43. The smallest absolute Gasteiger partial charge is 0.0931 e. The van der Waals surface area contributed by atoms with E-state index in [2.05, 4.69) is 25.2 Å². The van der Waals surface area contributed by atoms with Gasteiger partial charge in [-0.1, -0.05) is 11.6 Å². The van der Waals surface area contributed by atoms with E-state index in [4.69, 9.17) is 16.3 Å². The van der Waals surface area contributed by atoms with Crippen LogP contribution in [0.1, 0.15) is 18.7 Å². The predicted molar refractivity (Wildman–Crippen MR) is 67.0 cm³/mol. The average Bonchev–Trinajstić information content (AvgIpc) is 2.58. The molecular weight excluding hydrogens is 230 g/mol. The Bertz CT molecular complexity index is 288. The zero-order valence-corrected chi connectivity index (χ0v) is 11.0. The van der Waals surface area contributed by atoms with Crippen molar-refractivity contribution in [2.24, 2.45) is 0 Å². The van der Waals surface area contributed by atoms with Gasteiger partial charge in [0.15, 0.2) is 0 Å². The summed E-state index contributed by atoms with van der Waals surface area (Å²) in [6, 6.07) is 4.38. The van der Waals surface area contributed by atoms with Gasteiger partial charge in [0, 0.05) is 10.9 Å². The maximum Gasteiger partial charge on any atom is 0.0931 e. The lowest BCUT2D eigenvalue weighted by Crippen LogP contribution is -2.33. The van der Waals surface area contributed by atoms with Crippen molar-refractivity contribution in [3.8, 4) is 0 Å². The summed E-state index contributed by atoms with van der Waals surface area (Å²) >= 11 is 7.52. The van der Waals surface area contributed by atoms with Gasteiger partial charge in [0.2, 0.25) is 0 Å². The monoisotopic (exact) mass is 247 g/mol. The molecule has 0 aliphatic heterocycles. The Balaban J connectivity index is 2.39. The zero-order valence-electron chi connectivity index (χ0n) is 9.42. The largest absolute Gasteiger partial charge is 0.377 e. The second kappa shape index (κ2) is 6.48. The molecule has 1 heterocycles. The molecule has 4 heteroatoms. The Morgan fingerprint density at radius 2 is 2.20 bits per heavy atom. The van der Waals surface area contributed by atoms with Crippen LogP contribution >= 0.6 is 22.9 Å². The third kappa shape index (κ3) is 4.98. The van der Waals surface area contributed by atoms with E-state index >= 15 is 0 Å². The number of hydrogen-bond acceptors (Lipinski definition) is 3. The van der Waals surface area contributed by atoms with Crippen molar-refractivity contribution in [3.63, 3.8) is 0 Å². The lowest BCUT2D eigenvalue weighted by Gasteiger charge is -2.17. The molecule has 0 spiro atoms. The minimum absolute atomic E-state index is 0.285. The van der Waals surface area contributed by atoms with Crippen molar-refractivity contribution in [1.29, 1.82) is 0 Å². The van der Waals surface area contributed by atoms with E-state index in [9.17, 15) is 0 Å². The number of thiophene rings is 1. The van der Waals surface area contributed by atoms with Gasteiger partial charge in [-0.25, -0.2) is 0 Å². The van der Waals surface area contributed by atoms with Crippen LogP contribution in [0.5, 0.6) is 0 Å². The van der Waals surface area contributed by atoms with Crippen molar-refractivity contribution in [2.45, 2.75) is 32.4 Å². The molecule has 86 valence electrons. The highest BCUT2D eigenvalue weighted by atomic mass is 35.5. The van der Waals surface area contributed by atoms with Crippen LogP contribution in [-0.4, -0.2) is 25.8 Å². The summed E-state index contributed by atoms with van der Waals surface area (Å²) in [7, 11) is 1.96. The van der Waals surface area contributed by atoms with Crippen molar-refractivity contribution in [3.05, 3.63) is 21.3 Å². The SMILES string of the molecule is CNC(COC(C)C)Cc1ccc(Cl)s1. The van der Waals surface area contributed by atoms with E-state index in [0.717, 1.165) is 17.4 Å². The molecule has 1 aromatic rings. The summed E-state index contributed by atoms with van der Waals surface area (Å²) in [6.45, 7) is 4.84. The van der Waals surface area contributed by atoms with Gasteiger partial charge >= 0.3 is 0 Å². The van der Waals surface area contributed by atoms with Crippen molar-refractivity contribution >= 4 is 22.9 Å². The second-order valence-corrected chi connectivity index (χ2v) is 5.58. The molecule has 0 saturated carbocycles. The van der Waals surface area contributed by atoms with Crippen molar-refractivity contribution in [1.82, 2.24) is 5.32 Å². The van der Waals surface area contributed by atoms with Crippen LogP contribution in [-0.2, 0) is 11.2 Å². The molecule has 1 atom stereocenters. The molecular formula is C11H18ClNOS. The van der Waals surface area contributed by atoms with Crippen molar-refractivity contribution in [2.75, 3.05) is 13.7 Å². The number of rotatable bonds is 6. The van der Waals surface area contributed by atoms with E-state index in [-0.39, 0.29) is 6.10 Å². The van der Waals surface area contributed by atoms with Gasteiger partial charge < -0.3 is 10.1 Å². The van der Waals surface area contributed by atoms with Crippen LogP contribution in [0.15, 0.2) is 12.1 Å². The predicted octanol–water partition coefficient (Wildman–Crippen LogP) is 2.96. The van der Waals surface area contributed by atoms with Gasteiger partial charge in [0.05, 0.1) is 17.0 Å². The summed E-state index contributed by atoms with van der Waals surface area (Å²) in [5.74, 6) is 0. The molecule has 0 fully saturated rings. The highest BCUT2D eigenvalue weighted by Gasteiger charge is 2.09. The van der Waals surface area contributed by atoms with Crippen LogP contribution in [0.3, 0.4) is 0 Å². The number of likely N-dealkylation sites (N-methyl/N-ethyl adjacent to an activating group) is 1. The third-order valence-electron chi connectivity index (χ3n) is 2.12. The number of halogens is 1. The first-order valence-electron chi connectivity index (χ1n) is 5.15. The maximum atomic E-state index is 5.88. The molecule has 0 saturated heterocycles. The lowest BCUT2D eigenvalue weighted by molar-refractivity contribution is 0.0629. The van der Waals surface area contributed by atoms with E-state index < -0.39 is 0 Å². The molecule has 1 aromatic heterocycles. The first-order chi connectivity index (χ1) is 7.11. The topological polar surface area (TPSA) is 21.3 Å². The van der Waals surface area contributed by atoms with Crippen LogP contribution in [0.2, 0.25) is 4.34 Å².